The van der Waals surface area contributed by atoms with Gasteiger partial charge in [-0.2, -0.15) is 0 Å². The van der Waals surface area contributed by atoms with Gasteiger partial charge in [0, 0.05) is 5.02 Å². The van der Waals surface area contributed by atoms with Crippen LogP contribution in [0.1, 0.15) is 43.4 Å². The van der Waals surface area contributed by atoms with Crippen LogP contribution in [0, 0.1) is 0 Å². The summed E-state index contributed by atoms with van der Waals surface area (Å²) in [7, 11) is 0. The van der Waals surface area contributed by atoms with Crippen LogP contribution in [-0.4, -0.2) is 21.8 Å². The van der Waals surface area contributed by atoms with Crippen molar-refractivity contribution in [3.05, 3.63) is 29.0 Å². The van der Waals surface area contributed by atoms with Crippen LogP contribution >= 0.6 is 23.2 Å². The zero-order valence-electron chi connectivity index (χ0n) is 11.2. The number of benzene rings is 1. The van der Waals surface area contributed by atoms with Gasteiger partial charge >= 0.3 is 0 Å². The molecule has 106 valence electrons. The van der Waals surface area contributed by atoms with Crippen molar-refractivity contribution in [1.29, 1.82) is 0 Å². The fraction of sp³-hybridized carbons (Fsp3) is 0.533. The maximum atomic E-state index is 6.34. The van der Waals surface area contributed by atoms with Crippen molar-refractivity contribution in [2.24, 2.45) is 0 Å². The lowest BCUT2D eigenvalue weighted by Crippen LogP contribution is -2.22. The predicted octanol–water partition coefficient (Wildman–Crippen LogP) is 4.48. The lowest BCUT2D eigenvalue weighted by Gasteiger charge is -2.23. The van der Waals surface area contributed by atoms with E-state index in [9.17, 15) is 0 Å². The molecule has 0 spiro atoms. The Morgan fingerprint density at radius 2 is 2.25 bits per heavy atom. The van der Waals surface area contributed by atoms with Crippen LogP contribution in [0.3, 0.4) is 0 Å². The highest BCUT2D eigenvalue weighted by Gasteiger charge is 2.43. The minimum atomic E-state index is -0.125. The molecule has 2 aliphatic heterocycles. The van der Waals surface area contributed by atoms with E-state index < -0.39 is 0 Å². The van der Waals surface area contributed by atoms with Crippen LogP contribution in [-0.2, 0) is 4.74 Å². The number of aromatic nitrogens is 2. The van der Waals surface area contributed by atoms with Gasteiger partial charge in [0.25, 0.3) is 0 Å². The van der Waals surface area contributed by atoms with Crippen molar-refractivity contribution >= 4 is 34.2 Å². The summed E-state index contributed by atoms with van der Waals surface area (Å²) in [4.78, 5) is 4.69. The zero-order chi connectivity index (χ0) is 13.9. The van der Waals surface area contributed by atoms with E-state index in [4.69, 9.17) is 32.9 Å². The molecule has 4 atom stereocenters. The van der Waals surface area contributed by atoms with Gasteiger partial charge in [0.1, 0.15) is 5.82 Å². The first-order valence-electron chi connectivity index (χ1n) is 7.10. The van der Waals surface area contributed by atoms with Crippen molar-refractivity contribution in [2.45, 2.75) is 49.8 Å². The molecule has 3 heterocycles. The van der Waals surface area contributed by atoms with Crippen LogP contribution < -0.4 is 0 Å². The monoisotopic (exact) mass is 310 g/mol. The standard InChI is InChI=1S/C15H16Cl2N2O/c1-8(16)15-18-11-6-9(17)2-4-12(11)19(15)13-7-10-3-5-14(13)20-10/h2,4,6,8,10,13-14H,3,5,7H2,1H3. The Labute approximate surface area is 127 Å². The fourth-order valence-corrected chi connectivity index (χ4v) is 3.92. The summed E-state index contributed by atoms with van der Waals surface area (Å²) < 4.78 is 8.28. The second kappa shape index (κ2) is 4.62. The third kappa shape index (κ3) is 1.87. The largest absolute Gasteiger partial charge is 0.373 e. The van der Waals surface area contributed by atoms with Crippen molar-refractivity contribution < 1.29 is 4.74 Å². The van der Waals surface area contributed by atoms with Gasteiger partial charge < -0.3 is 9.30 Å². The molecule has 20 heavy (non-hydrogen) atoms. The lowest BCUT2D eigenvalue weighted by molar-refractivity contribution is 0.0939. The molecule has 4 unspecified atom stereocenters. The van der Waals surface area contributed by atoms with E-state index in [1.165, 1.54) is 6.42 Å². The molecule has 5 heteroatoms. The van der Waals surface area contributed by atoms with Crippen molar-refractivity contribution in [3.8, 4) is 0 Å². The normalized spacial score (nSPS) is 30.2. The number of fused-ring (bicyclic) bond motifs is 3. The maximum absolute atomic E-state index is 6.34. The van der Waals surface area contributed by atoms with Crippen LogP contribution in [0.25, 0.3) is 11.0 Å². The molecule has 0 N–H and O–H groups in total. The van der Waals surface area contributed by atoms with E-state index in [1.54, 1.807) is 0 Å². The molecule has 0 aliphatic carbocycles. The number of ether oxygens (including phenoxy) is 1. The second-order valence-electron chi connectivity index (χ2n) is 5.77. The summed E-state index contributed by atoms with van der Waals surface area (Å²) in [6.07, 6.45) is 4.11. The number of rotatable bonds is 2. The van der Waals surface area contributed by atoms with Gasteiger partial charge in [-0.15, -0.1) is 11.6 Å². The number of nitrogens with zero attached hydrogens (tertiary/aromatic N) is 2. The van der Waals surface area contributed by atoms with Crippen molar-refractivity contribution in [3.63, 3.8) is 0 Å². The first-order chi connectivity index (χ1) is 9.63. The molecule has 2 bridgehead atoms. The molecule has 3 nitrogen and oxygen atoms in total. The molecule has 4 rings (SSSR count). The number of hydrogen-bond donors (Lipinski definition) is 0. The van der Waals surface area contributed by atoms with Crippen LogP contribution in [0.5, 0.6) is 0 Å². The van der Waals surface area contributed by atoms with Gasteiger partial charge in [-0.25, -0.2) is 4.98 Å². The highest BCUT2D eigenvalue weighted by atomic mass is 35.5. The highest BCUT2D eigenvalue weighted by molar-refractivity contribution is 6.31. The third-order valence-electron chi connectivity index (χ3n) is 4.44. The average molecular weight is 311 g/mol. The quantitative estimate of drug-likeness (QED) is 0.765. The maximum Gasteiger partial charge on any atom is 0.128 e. The number of hydrogen-bond acceptors (Lipinski definition) is 2. The third-order valence-corrected chi connectivity index (χ3v) is 4.87. The van der Waals surface area contributed by atoms with Gasteiger partial charge in [-0.05, 0) is 44.4 Å². The molecule has 0 saturated carbocycles. The summed E-state index contributed by atoms with van der Waals surface area (Å²) in [5.74, 6) is 0.921. The molecule has 0 amide bonds. The van der Waals surface area contributed by atoms with E-state index in [-0.39, 0.29) is 5.38 Å². The van der Waals surface area contributed by atoms with E-state index in [0.29, 0.717) is 23.3 Å². The highest BCUT2D eigenvalue weighted by Crippen LogP contribution is 2.44. The minimum Gasteiger partial charge on any atom is -0.373 e. The molecule has 2 aliphatic rings. The number of halogens is 2. The Bertz CT molecular complexity index is 667. The second-order valence-corrected chi connectivity index (χ2v) is 6.86. The average Bonchev–Trinajstić information content (AvgIpc) is 3.09. The number of alkyl halides is 1. The molecule has 2 saturated heterocycles. The molecular weight excluding hydrogens is 295 g/mol. The Morgan fingerprint density at radius 3 is 2.90 bits per heavy atom. The smallest absolute Gasteiger partial charge is 0.128 e. The van der Waals surface area contributed by atoms with Crippen LogP contribution in [0.4, 0.5) is 0 Å². The summed E-state index contributed by atoms with van der Waals surface area (Å²) >= 11 is 12.4. The van der Waals surface area contributed by atoms with Crippen LogP contribution in [0.2, 0.25) is 5.02 Å². The number of imidazole rings is 1. The molecule has 1 aromatic carbocycles. The Morgan fingerprint density at radius 1 is 1.40 bits per heavy atom. The van der Waals surface area contributed by atoms with Gasteiger partial charge in [0.2, 0.25) is 0 Å². The minimum absolute atomic E-state index is 0.125. The van der Waals surface area contributed by atoms with E-state index in [2.05, 4.69) is 4.57 Å². The summed E-state index contributed by atoms with van der Waals surface area (Å²) in [6.45, 7) is 1.97. The van der Waals surface area contributed by atoms with Gasteiger partial charge in [0.15, 0.2) is 0 Å². The van der Waals surface area contributed by atoms with Gasteiger partial charge in [-0.1, -0.05) is 11.6 Å². The fourth-order valence-electron chi connectivity index (χ4n) is 3.60. The SMILES string of the molecule is CC(Cl)c1nc2cc(Cl)ccc2n1C1CC2CCC1O2. The summed E-state index contributed by atoms with van der Waals surface area (Å²) in [5.41, 5.74) is 2.03. The molecular formula is C15H16Cl2N2O. The summed E-state index contributed by atoms with van der Waals surface area (Å²) in [5, 5.41) is 0.584. The van der Waals surface area contributed by atoms with Gasteiger partial charge in [-0.3, -0.25) is 0 Å². The lowest BCUT2D eigenvalue weighted by atomic mass is 9.95. The zero-order valence-corrected chi connectivity index (χ0v) is 12.7. The van der Waals surface area contributed by atoms with Crippen molar-refractivity contribution in [2.75, 3.05) is 0 Å². The van der Waals surface area contributed by atoms with Crippen LogP contribution in [0.15, 0.2) is 18.2 Å². The van der Waals surface area contributed by atoms with E-state index >= 15 is 0 Å². The molecule has 2 fully saturated rings. The van der Waals surface area contributed by atoms with E-state index in [0.717, 1.165) is 29.7 Å². The molecule has 2 aromatic rings. The Hall–Kier alpha value is -0.770. The van der Waals surface area contributed by atoms with Crippen molar-refractivity contribution in [1.82, 2.24) is 9.55 Å². The molecule has 1 aromatic heterocycles. The Kier molecular flexibility index (Phi) is 2.99. The first kappa shape index (κ1) is 12.9. The van der Waals surface area contributed by atoms with E-state index in [1.807, 2.05) is 25.1 Å². The summed E-state index contributed by atoms with van der Waals surface area (Å²) in [6, 6.07) is 6.22. The Balaban J connectivity index is 1.90. The predicted molar refractivity (Wildman–Crippen MR) is 80.6 cm³/mol. The first-order valence-corrected chi connectivity index (χ1v) is 7.92. The molecule has 0 radical (unpaired) electrons. The topological polar surface area (TPSA) is 27.1 Å². The van der Waals surface area contributed by atoms with Gasteiger partial charge in [0.05, 0.1) is 34.7 Å².